The van der Waals surface area contributed by atoms with Crippen molar-refractivity contribution >= 4 is 20.9 Å². The van der Waals surface area contributed by atoms with Gasteiger partial charge in [-0.3, -0.25) is 4.68 Å². The van der Waals surface area contributed by atoms with Crippen LogP contribution >= 0.6 is 0 Å². The number of aryl methyl sites for hydroxylation is 1. The molecule has 1 saturated carbocycles. The van der Waals surface area contributed by atoms with Crippen molar-refractivity contribution in [3.05, 3.63) is 30.0 Å². The van der Waals surface area contributed by atoms with Gasteiger partial charge in [0.15, 0.2) is 5.82 Å². The van der Waals surface area contributed by atoms with Crippen molar-refractivity contribution < 1.29 is 26.0 Å². The largest absolute Gasteiger partial charge is 0.451 e. The maximum Gasteiger partial charge on any atom is 0.451 e. The molecule has 0 bridgehead atoms. The van der Waals surface area contributed by atoms with E-state index in [1.807, 2.05) is 0 Å². The lowest BCUT2D eigenvalue weighted by molar-refractivity contribution is -0.144. The van der Waals surface area contributed by atoms with Crippen molar-refractivity contribution in [2.24, 2.45) is 7.05 Å². The van der Waals surface area contributed by atoms with Crippen LogP contribution in [0, 0.1) is 5.82 Å². The van der Waals surface area contributed by atoms with Gasteiger partial charge in [-0.2, -0.15) is 13.2 Å². The molecule has 0 aliphatic heterocycles. The number of rotatable bonds is 4. The van der Waals surface area contributed by atoms with Crippen molar-refractivity contribution in [3.63, 3.8) is 0 Å². The van der Waals surface area contributed by atoms with Crippen LogP contribution in [0.5, 0.6) is 0 Å². The van der Waals surface area contributed by atoms with Crippen LogP contribution < -0.4 is 4.72 Å². The molecule has 1 fully saturated rings. The molecule has 1 aliphatic rings. The van der Waals surface area contributed by atoms with Crippen LogP contribution in [0.2, 0.25) is 0 Å². The molecule has 1 N–H and O–H groups in total. The lowest BCUT2D eigenvalue weighted by Crippen LogP contribution is -2.34. The molecule has 13 heteroatoms. The Morgan fingerprint density at radius 1 is 1.21 bits per heavy atom. The normalized spacial score (nSPS) is 16.3. The van der Waals surface area contributed by atoms with Crippen LogP contribution in [0.25, 0.3) is 22.3 Å². The molecule has 2 aromatic heterocycles. The second-order valence-corrected chi connectivity index (χ2v) is 8.82. The Morgan fingerprint density at radius 3 is 2.45 bits per heavy atom. The molecule has 8 nitrogen and oxygen atoms in total. The van der Waals surface area contributed by atoms with Crippen molar-refractivity contribution in [3.8, 4) is 11.4 Å². The molecule has 3 aromatic rings. The Labute approximate surface area is 162 Å². The number of aromatic nitrogens is 5. The maximum atomic E-state index is 14.7. The van der Waals surface area contributed by atoms with Crippen LogP contribution in [0.1, 0.15) is 25.6 Å². The average Bonchev–Trinajstić information content (AvgIpc) is 3.15. The van der Waals surface area contributed by atoms with Crippen LogP contribution in [-0.2, 0) is 23.2 Å². The molecule has 0 amide bonds. The van der Waals surface area contributed by atoms with E-state index in [1.54, 1.807) is 6.92 Å². The number of halogens is 4. The van der Waals surface area contributed by atoms with E-state index >= 15 is 0 Å². The van der Waals surface area contributed by atoms with Gasteiger partial charge in [0, 0.05) is 18.0 Å². The molecule has 1 aromatic carbocycles. The Morgan fingerprint density at radius 2 is 1.90 bits per heavy atom. The molecule has 0 unspecified atom stereocenters. The van der Waals surface area contributed by atoms with Gasteiger partial charge in [-0.25, -0.2) is 27.5 Å². The Bertz CT molecular complexity index is 1230. The van der Waals surface area contributed by atoms with Crippen molar-refractivity contribution in [2.45, 2.75) is 36.4 Å². The van der Waals surface area contributed by atoms with E-state index < -0.39 is 43.8 Å². The number of sulfonamides is 1. The van der Waals surface area contributed by atoms with E-state index in [4.69, 9.17) is 0 Å². The van der Waals surface area contributed by atoms with E-state index in [-0.39, 0.29) is 16.8 Å². The Hall–Kier alpha value is -2.67. The molecule has 0 spiro atoms. The predicted octanol–water partition coefficient (Wildman–Crippen LogP) is 2.41. The van der Waals surface area contributed by atoms with Crippen molar-refractivity contribution in [1.82, 2.24) is 29.7 Å². The number of fused-ring (bicyclic) bond motifs is 1. The van der Waals surface area contributed by atoms with Crippen molar-refractivity contribution in [2.75, 3.05) is 0 Å². The van der Waals surface area contributed by atoms with Crippen LogP contribution in [0.4, 0.5) is 17.6 Å². The number of alkyl halides is 3. The zero-order valence-electron chi connectivity index (χ0n) is 15.1. The van der Waals surface area contributed by atoms with E-state index in [1.165, 1.54) is 17.9 Å². The topological polar surface area (TPSA) is 103 Å². The fourth-order valence-corrected chi connectivity index (χ4v) is 4.27. The first-order valence-corrected chi connectivity index (χ1v) is 9.85. The third-order valence-corrected chi connectivity index (χ3v) is 6.14. The number of nitrogens with one attached hydrogen (secondary N) is 1. The summed E-state index contributed by atoms with van der Waals surface area (Å²) in [6, 6.07) is 1.68. The van der Waals surface area contributed by atoms with Gasteiger partial charge in [-0.05, 0) is 31.9 Å². The molecule has 0 atom stereocenters. The second-order valence-electron chi connectivity index (χ2n) is 7.14. The summed E-state index contributed by atoms with van der Waals surface area (Å²) in [7, 11) is -2.62. The summed E-state index contributed by atoms with van der Waals surface area (Å²) in [5.74, 6) is -2.79. The molecule has 0 saturated heterocycles. The Kier molecular flexibility index (Phi) is 4.17. The van der Waals surface area contributed by atoms with Gasteiger partial charge >= 0.3 is 6.18 Å². The van der Waals surface area contributed by atoms with Gasteiger partial charge in [0.25, 0.3) is 0 Å². The Balaban J connectivity index is 1.98. The number of nitrogens with zero attached hydrogens (tertiary/aromatic N) is 5. The van der Waals surface area contributed by atoms with Gasteiger partial charge in [0.05, 0.1) is 11.1 Å². The molecular formula is C16H14F4N6O2S. The molecule has 1 aliphatic carbocycles. The summed E-state index contributed by atoms with van der Waals surface area (Å²) in [5.41, 5.74) is -1.73. The summed E-state index contributed by atoms with van der Waals surface area (Å²) in [5, 5.41) is 7.14. The molecule has 154 valence electrons. The van der Waals surface area contributed by atoms with Gasteiger partial charge in [-0.15, -0.1) is 5.10 Å². The SMILES string of the molecule is Cn1cc(-c2nc(C(F)(F)F)nc3c(F)cc(S(=O)(=O)NC4(C)CC4)cc23)nn1. The summed E-state index contributed by atoms with van der Waals surface area (Å²) >= 11 is 0. The number of hydrogen-bond acceptors (Lipinski definition) is 6. The van der Waals surface area contributed by atoms with Crippen LogP contribution in [0.15, 0.2) is 23.2 Å². The third-order valence-electron chi connectivity index (χ3n) is 4.52. The van der Waals surface area contributed by atoms with Crippen LogP contribution in [-0.4, -0.2) is 38.9 Å². The molecule has 0 radical (unpaired) electrons. The van der Waals surface area contributed by atoms with Crippen molar-refractivity contribution in [1.29, 1.82) is 0 Å². The van der Waals surface area contributed by atoms with Crippen LogP contribution in [0.3, 0.4) is 0 Å². The predicted molar refractivity (Wildman–Crippen MR) is 92.5 cm³/mol. The molecular weight excluding hydrogens is 416 g/mol. The fraction of sp³-hybridized carbons (Fsp3) is 0.375. The van der Waals surface area contributed by atoms with E-state index in [0.717, 1.165) is 6.07 Å². The minimum Gasteiger partial charge on any atom is -0.255 e. The molecule has 29 heavy (non-hydrogen) atoms. The monoisotopic (exact) mass is 430 g/mol. The highest BCUT2D eigenvalue weighted by atomic mass is 32.2. The van der Waals surface area contributed by atoms with Gasteiger partial charge in [-0.1, -0.05) is 5.21 Å². The highest BCUT2D eigenvalue weighted by Crippen LogP contribution is 2.37. The maximum absolute atomic E-state index is 14.7. The highest BCUT2D eigenvalue weighted by Gasteiger charge is 2.42. The highest BCUT2D eigenvalue weighted by molar-refractivity contribution is 7.89. The standard InChI is InChI=1S/C16H14F4N6O2S/c1-15(3-4-15)24-29(27,28)8-5-9-12(10(17)6-8)21-14(16(18,19)20)22-13(9)11-7-26(2)25-23-11/h5-7,24H,3-4H2,1-2H3. The lowest BCUT2D eigenvalue weighted by atomic mass is 10.1. The minimum absolute atomic E-state index is 0.0820. The summed E-state index contributed by atoms with van der Waals surface area (Å²) in [4.78, 5) is 6.30. The third kappa shape index (κ3) is 3.67. The van der Waals surface area contributed by atoms with Gasteiger partial charge in [0.1, 0.15) is 16.9 Å². The quantitative estimate of drug-likeness (QED) is 0.638. The average molecular weight is 430 g/mol. The first-order chi connectivity index (χ1) is 13.4. The zero-order valence-corrected chi connectivity index (χ0v) is 15.9. The summed E-state index contributed by atoms with van der Waals surface area (Å²) in [6.45, 7) is 1.70. The molecule has 4 rings (SSSR count). The summed E-state index contributed by atoms with van der Waals surface area (Å²) < 4.78 is 83.3. The minimum atomic E-state index is -4.94. The molecule has 2 heterocycles. The zero-order chi connectivity index (χ0) is 21.2. The second kappa shape index (κ2) is 6.16. The number of benzene rings is 1. The van der Waals surface area contributed by atoms with Gasteiger partial charge < -0.3 is 0 Å². The first kappa shape index (κ1) is 19.6. The smallest absolute Gasteiger partial charge is 0.255 e. The van der Waals surface area contributed by atoms with E-state index in [0.29, 0.717) is 18.9 Å². The first-order valence-electron chi connectivity index (χ1n) is 8.37. The van der Waals surface area contributed by atoms with E-state index in [9.17, 15) is 26.0 Å². The van der Waals surface area contributed by atoms with Gasteiger partial charge in [0.2, 0.25) is 15.8 Å². The van der Waals surface area contributed by atoms with E-state index in [2.05, 4.69) is 25.0 Å². The summed E-state index contributed by atoms with van der Waals surface area (Å²) in [6.07, 6.45) is -2.40. The number of hydrogen-bond donors (Lipinski definition) is 1. The lowest BCUT2D eigenvalue weighted by Gasteiger charge is -2.14. The fourth-order valence-electron chi connectivity index (χ4n) is 2.77.